The van der Waals surface area contributed by atoms with Crippen molar-refractivity contribution in [3.05, 3.63) is 70.6 Å². The SMILES string of the molecule is Cc1nc(C)c(-c2ccc3cc(-c4c(C5CCCCC5)cc(-c5ccc(C(=O)O)o5)n4CC(=O)N4CCOCC4)ccc3n2)s1. The van der Waals surface area contributed by atoms with Crippen LogP contribution in [0.5, 0.6) is 0 Å². The van der Waals surface area contributed by atoms with Gasteiger partial charge in [-0.25, -0.2) is 14.8 Å². The molecule has 10 heteroatoms. The van der Waals surface area contributed by atoms with E-state index in [4.69, 9.17) is 14.1 Å². The van der Waals surface area contributed by atoms with Crippen LogP contribution in [-0.4, -0.2) is 62.7 Å². The third kappa shape index (κ3) is 5.80. The number of furan rings is 1. The van der Waals surface area contributed by atoms with Crippen molar-refractivity contribution in [1.82, 2.24) is 19.4 Å². The van der Waals surface area contributed by atoms with Gasteiger partial charge in [0, 0.05) is 18.5 Å². The fraction of sp³-hybridized carbons (Fsp3) is 0.371. The fourth-order valence-electron chi connectivity index (χ4n) is 6.79. The van der Waals surface area contributed by atoms with Crippen LogP contribution in [0.25, 0.3) is 44.2 Å². The monoisotopic (exact) mass is 624 g/mol. The van der Waals surface area contributed by atoms with E-state index in [1.807, 2.05) is 23.3 Å². The van der Waals surface area contributed by atoms with E-state index in [0.29, 0.717) is 43.7 Å². The predicted octanol–water partition coefficient (Wildman–Crippen LogP) is 7.31. The maximum absolute atomic E-state index is 13.8. The van der Waals surface area contributed by atoms with Crippen molar-refractivity contribution in [3.8, 4) is 33.3 Å². The van der Waals surface area contributed by atoms with Gasteiger partial charge in [0.05, 0.1) is 51.4 Å². The first-order chi connectivity index (χ1) is 21.9. The topological polar surface area (TPSA) is 111 Å². The first kappa shape index (κ1) is 29.4. The van der Waals surface area contributed by atoms with E-state index in [-0.39, 0.29) is 18.2 Å². The molecule has 1 aliphatic heterocycles. The lowest BCUT2D eigenvalue weighted by molar-refractivity contribution is -0.135. The van der Waals surface area contributed by atoms with Crippen molar-refractivity contribution in [2.45, 2.75) is 58.4 Å². The second kappa shape index (κ2) is 12.3. The molecule has 0 atom stereocenters. The average molecular weight is 625 g/mol. The number of aromatic carboxylic acids is 1. The van der Waals surface area contributed by atoms with Gasteiger partial charge in [-0.05, 0) is 80.1 Å². The Bertz CT molecular complexity index is 1890. The summed E-state index contributed by atoms with van der Waals surface area (Å²) < 4.78 is 13.4. The molecule has 1 N–H and O–H groups in total. The highest BCUT2D eigenvalue weighted by Crippen LogP contribution is 2.43. The summed E-state index contributed by atoms with van der Waals surface area (Å²) in [6.45, 7) is 6.27. The lowest BCUT2D eigenvalue weighted by atomic mass is 9.83. The van der Waals surface area contributed by atoms with Crippen molar-refractivity contribution in [2.24, 2.45) is 0 Å². The molecule has 2 fully saturated rings. The van der Waals surface area contributed by atoms with Crippen molar-refractivity contribution in [3.63, 3.8) is 0 Å². The molecule has 5 aromatic rings. The highest BCUT2D eigenvalue weighted by atomic mass is 32.1. The Balaban J connectivity index is 1.38. The summed E-state index contributed by atoms with van der Waals surface area (Å²) in [4.78, 5) is 38.0. The second-order valence-corrected chi connectivity index (χ2v) is 13.2. The van der Waals surface area contributed by atoms with E-state index in [1.165, 1.54) is 18.1 Å². The van der Waals surface area contributed by atoms with Crippen LogP contribution in [0.3, 0.4) is 0 Å². The summed E-state index contributed by atoms with van der Waals surface area (Å²) in [5.74, 6) is -0.486. The van der Waals surface area contributed by atoms with Gasteiger partial charge in [0.25, 0.3) is 0 Å². The Kier molecular flexibility index (Phi) is 8.01. The number of fused-ring (bicyclic) bond motifs is 1. The number of carboxylic acids is 1. The molecule has 4 aromatic heterocycles. The molecular weight excluding hydrogens is 588 g/mol. The number of nitrogens with zero attached hydrogens (tertiary/aromatic N) is 4. The minimum Gasteiger partial charge on any atom is -0.475 e. The molecule has 45 heavy (non-hydrogen) atoms. The van der Waals surface area contributed by atoms with Crippen LogP contribution in [0.15, 0.2) is 52.9 Å². The van der Waals surface area contributed by atoms with Crippen LogP contribution in [0, 0.1) is 13.8 Å². The van der Waals surface area contributed by atoms with Gasteiger partial charge in [0.1, 0.15) is 6.54 Å². The van der Waals surface area contributed by atoms with Crippen LogP contribution >= 0.6 is 11.3 Å². The highest BCUT2D eigenvalue weighted by Gasteiger charge is 2.29. The van der Waals surface area contributed by atoms with Gasteiger partial charge in [0.15, 0.2) is 5.76 Å². The highest BCUT2D eigenvalue weighted by molar-refractivity contribution is 7.15. The summed E-state index contributed by atoms with van der Waals surface area (Å²) in [6, 6.07) is 15.8. The first-order valence-electron chi connectivity index (χ1n) is 15.6. The van der Waals surface area contributed by atoms with Gasteiger partial charge in [-0.1, -0.05) is 31.4 Å². The summed E-state index contributed by atoms with van der Waals surface area (Å²) in [7, 11) is 0. The van der Waals surface area contributed by atoms with E-state index < -0.39 is 5.97 Å². The third-order valence-corrected chi connectivity index (χ3v) is 10.1. The normalized spacial score (nSPS) is 16.0. The van der Waals surface area contributed by atoms with Crippen molar-refractivity contribution in [1.29, 1.82) is 0 Å². The van der Waals surface area contributed by atoms with Crippen molar-refractivity contribution >= 4 is 34.1 Å². The van der Waals surface area contributed by atoms with Crippen molar-refractivity contribution in [2.75, 3.05) is 26.3 Å². The Morgan fingerprint density at radius 2 is 1.78 bits per heavy atom. The third-order valence-electron chi connectivity index (χ3n) is 9.00. The molecule has 0 radical (unpaired) electrons. The molecule has 0 unspecified atom stereocenters. The molecule has 1 saturated carbocycles. The Morgan fingerprint density at radius 3 is 2.49 bits per heavy atom. The maximum atomic E-state index is 13.8. The molecule has 1 aliphatic carbocycles. The zero-order chi connectivity index (χ0) is 31.1. The van der Waals surface area contributed by atoms with Gasteiger partial charge in [-0.2, -0.15) is 0 Å². The minimum absolute atomic E-state index is 0.000994. The minimum atomic E-state index is -1.12. The summed E-state index contributed by atoms with van der Waals surface area (Å²) >= 11 is 1.65. The molecule has 1 amide bonds. The summed E-state index contributed by atoms with van der Waals surface area (Å²) in [5.41, 5.74) is 6.64. The van der Waals surface area contributed by atoms with E-state index in [2.05, 4.69) is 41.4 Å². The Hall–Kier alpha value is -4.28. The number of amides is 1. The standard InChI is InChI=1S/C35H36N4O5S/c1-21-34(45-22(2)36-21)28-11-8-24-18-25(9-10-27(24)37-28)33-26(23-6-4-3-5-7-23)19-29(30-12-13-31(44-30)35(41)42)39(33)20-32(40)38-14-16-43-17-15-38/h8-13,18-19,23H,3-7,14-17,20H2,1-2H3,(H,41,42). The molecule has 1 saturated heterocycles. The maximum Gasteiger partial charge on any atom is 0.371 e. The number of thiazole rings is 1. The molecule has 1 aromatic carbocycles. The molecule has 5 heterocycles. The zero-order valence-corrected chi connectivity index (χ0v) is 26.4. The summed E-state index contributed by atoms with van der Waals surface area (Å²) in [5, 5.41) is 11.6. The summed E-state index contributed by atoms with van der Waals surface area (Å²) in [6.07, 6.45) is 5.67. The zero-order valence-electron chi connectivity index (χ0n) is 25.5. The van der Waals surface area contributed by atoms with Crippen LogP contribution in [0.4, 0.5) is 0 Å². The second-order valence-electron chi connectivity index (χ2n) is 12.0. The Labute approximate surface area is 265 Å². The lowest BCUT2D eigenvalue weighted by Crippen LogP contribution is -2.42. The molecule has 0 spiro atoms. The van der Waals surface area contributed by atoms with E-state index >= 15 is 0 Å². The molecular formula is C35H36N4O5S. The quantitative estimate of drug-likeness (QED) is 0.202. The van der Waals surface area contributed by atoms with E-state index in [0.717, 1.165) is 69.1 Å². The number of hydrogen-bond donors (Lipinski definition) is 1. The molecule has 7 rings (SSSR count). The number of carboxylic acid groups (broad SMARTS) is 1. The number of aryl methyl sites for hydroxylation is 2. The number of carbonyl (C=O) groups is 2. The van der Waals surface area contributed by atoms with Crippen LogP contribution < -0.4 is 0 Å². The van der Waals surface area contributed by atoms with Gasteiger partial charge in [0.2, 0.25) is 11.7 Å². The number of ether oxygens (including phenoxy) is 1. The van der Waals surface area contributed by atoms with Gasteiger partial charge < -0.3 is 23.7 Å². The average Bonchev–Trinajstić information content (AvgIpc) is 3.78. The molecule has 2 aliphatic rings. The van der Waals surface area contributed by atoms with Crippen molar-refractivity contribution < 1.29 is 23.8 Å². The number of rotatable bonds is 7. The van der Waals surface area contributed by atoms with Crippen LogP contribution in [0.1, 0.15) is 64.8 Å². The largest absolute Gasteiger partial charge is 0.475 e. The number of aromatic nitrogens is 3. The molecule has 9 nitrogen and oxygen atoms in total. The smallest absolute Gasteiger partial charge is 0.371 e. The first-order valence-corrected chi connectivity index (χ1v) is 16.5. The fourth-order valence-corrected chi connectivity index (χ4v) is 7.68. The number of carbonyl (C=O) groups excluding carboxylic acids is 1. The van der Waals surface area contributed by atoms with Gasteiger partial charge in [-0.3, -0.25) is 4.79 Å². The van der Waals surface area contributed by atoms with Crippen LogP contribution in [-0.2, 0) is 16.1 Å². The van der Waals surface area contributed by atoms with Crippen LogP contribution in [0.2, 0.25) is 0 Å². The van der Waals surface area contributed by atoms with Gasteiger partial charge in [-0.15, -0.1) is 11.3 Å². The van der Waals surface area contributed by atoms with E-state index in [9.17, 15) is 14.7 Å². The number of hydrogen-bond acceptors (Lipinski definition) is 7. The number of pyridine rings is 1. The number of benzene rings is 1. The van der Waals surface area contributed by atoms with Gasteiger partial charge >= 0.3 is 5.97 Å². The van der Waals surface area contributed by atoms with E-state index in [1.54, 1.807) is 17.4 Å². The molecule has 232 valence electrons. The predicted molar refractivity (Wildman–Crippen MR) is 174 cm³/mol. The molecule has 0 bridgehead atoms. The number of morpholine rings is 1. The lowest BCUT2D eigenvalue weighted by Gasteiger charge is -2.28. The Morgan fingerprint density at radius 1 is 0.978 bits per heavy atom.